The maximum Gasteiger partial charge on any atom is 0.233 e. The van der Waals surface area contributed by atoms with Crippen molar-refractivity contribution in [1.82, 2.24) is 4.90 Å². The topological polar surface area (TPSA) is 32.3 Å². The molecule has 0 saturated carbocycles. The Hall–Kier alpha value is -1.94. The van der Waals surface area contributed by atoms with Crippen LogP contribution in [0.15, 0.2) is 65.6 Å². The van der Waals surface area contributed by atoms with Gasteiger partial charge < -0.3 is 10.2 Å². The van der Waals surface area contributed by atoms with E-state index in [-0.39, 0.29) is 5.91 Å². The Labute approximate surface area is 142 Å². The van der Waals surface area contributed by atoms with E-state index in [0.29, 0.717) is 11.8 Å². The highest BCUT2D eigenvalue weighted by atomic mass is 32.2. The lowest BCUT2D eigenvalue weighted by Gasteiger charge is -2.33. The molecule has 1 N–H and O–H groups in total. The molecule has 0 aromatic heterocycles. The number of thioether (sulfide) groups is 1. The van der Waals surface area contributed by atoms with Gasteiger partial charge in [-0.25, -0.2) is 0 Å². The van der Waals surface area contributed by atoms with Gasteiger partial charge in [0, 0.05) is 29.7 Å². The number of amides is 1. The lowest BCUT2D eigenvalue weighted by Crippen LogP contribution is -2.45. The standard InChI is InChI=1S/C19H22N2OS/c22-19(15-23-18-11-5-2-6-12-18)21-13-7-10-17(14-21)20-16-8-3-1-4-9-16/h1-6,8-9,11-12,17,20H,7,10,13-15H2. The Kier molecular flexibility index (Phi) is 5.59. The summed E-state index contributed by atoms with van der Waals surface area (Å²) in [6, 6.07) is 20.7. The molecule has 1 heterocycles. The summed E-state index contributed by atoms with van der Waals surface area (Å²) in [5.74, 6) is 0.751. The quantitative estimate of drug-likeness (QED) is 0.846. The van der Waals surface area contributed by atoms with Gasteiger partial charge in [0.05, 0.1) is 5.75 Å². The molecule has 3 nitrogen and oxygen atoms in total. The van der Waals surface area contributed by atoms with Crippen molar-refractivity contribution in [3.63, 3.8) is 0 Å². The molecule has 0 bridgehead atoms. The number of hydrogen-bond acceptors (Lipinski definition) is 3. The first kappa shape index (κ1) is 15.9. The second-order valence-electron chi connectivity index (χ2n) is 5.79. The van der Waals surface area contributed by atoms with Gasteiger partial charge in [-0.15, -0.1) is 11.8 Å². The third-order valence-electron chi connectivity index (χ3n) is 4.02. The maximum absolute atomic E-state index is 12.4. The SMILES string of the molecule is O=C(CSc1ccccc1)N1CCCC(Nc2ccccc2)C1. The van der Waals surface area contributed by atoms with E-state index >= 15 is 0 Å². The zero-order chi connectivity index (χ0) is 15.9. The molecule has 2 aromatic rings. The van der Waals surface area contributed by atoms with Crippen LogP contribution in [0.5, 0.6) is 0 Å². The summed E-state index contributed by atoms with van der Waals surface area (Å²) in [6.07, 6.45) is 2.18. The average molecular weight is 326 g/mol. The van der Waals surface area contributed by atoms with Crippen LogP contribution < -0.4 is 5.32 Å². The van der Waals surface area contributed by atoms with Gasteiger partial charge in [-0.05, 0) is 37.1 Å². The summed E-state index contributed by atoms with van der Waals surface area (Å²) in [7, 11) is 0. The van der Waals surface area contributed by atoms with Gasteiger partial charge in [0.15, 0.2) is 0 Å². The van der Waals surface area contributed by atoms with Gasteiger partial charge in [0.1, 0.15) is 0 Å². The number of piperidine rings is 1. The van der Waals surface area contributed by atoms with Gasteiger partial charge in [0.2, 0.25) is 5.91 Å². The molecule has 0 radical (unpaired) electrons. The minimum absolute atomic E-state index is 0.235. The summed E-state index contributed by atoms with van der Waals surface area (Å²) in [6.45, 7) is 1.67. The van der Waals surface area contributed by atoms with Crippen LogP contribution in [0.1, 0.15) is 12.8 Å². The second kappa shape index (κ2) is 8.06. The Morgan fingerprint density at radius 1 is 1.09 bits per heavy atom. The fraction of sp³-hybridized carbons (Fsp3) is 0.316. The molecule has 1 atom stereocenters. The first-order chi connectivity index (χ1) is 11.3. The number of benzene rings is 2. The van der Waals surface area contributed by atoms with E-state index in [2.05, 4.69) is 17.4 Å². The number of carbonyl (C=O) groups excluding carboxylic acids is 1. The van der Waals surface area contributed by atoms with E-state index in [1.54, 1.807) is 11.8 Å². The molecule has 1 aliphatic heterocycles. The molecule has 0 aliphatic carbocycles. The monoisotopic (exact) mass is 326 g/mol. The Morgan fingerprint density at radius 3 is 2.52 bits per heavy atom. The summed E-state index contributed by atoms with van der Waals surface area (Å²) in [5.41, 5.74) is 1.13. The van der Waals surface area contributed by atoms with Crippen LogP contribution in [0, 0.1) is 0 Å². The maximum atomic E-state index is 12.4. The van der Waals surface area contributed by atoms with Crippen molar-refractivity contribution < 1.29 is 4.79 Å². The normalized spacial score (nSPS) is 17.7. The van der Waals surface area contributed by atoms with Crippen molar-refractivity contribution in [2.24, 2.45) is 0 Å². The fourth-order valence-electron chi connectivity index (χ4n) is 2.84. The van der Waals surface area contributed by atoms with E-state index < -0.39 is 0 Å². The number of nitrogens with zero attached hydrogens (tertiary/aromatic N) is 1. The zero-order valence-electron chi connectivity index (χ0n) is 13.2. The summed E-state index contributed by atoms with van der Waals surface area (Å²) in [5, 5.41) is 3.54. The second-order valence-corrected chi connectivity index (χ2v) is 6.84. The van der Waals surface area contributed by atoms with Crippen LogP contribution in [0.2, 0.25) is 0 Å². The van der Waals surface area contributed by atoms with Gasteiger partial charge in [-0.1, -0.05) is 36.4 Å². The van der Waals surface area contributed by atoms with Crippen LogP contribution in [0.25, 0.3) is 0 Å². The minimum atomic E-state index is 0.235. The molecule has 0 spiro atoms. The molecule has 4 heteroatoms. The summed E-state index contributed by atoms with van der Waals surface area (Å²) >= 11 is 1.62. The van der Waals surface area contributed by atoms with E-state index in [1.807, 2.05) is 53.4 Å². The molecule has 23 heavy (non-hydrogen) atoms. The molecule has 1 fully saturated rings. The zero-order valence-corrected chi connectivity index (χ0v) is 14.0. The molecular formula is C19H22N2OS. The van der Waals surface area contributed by atoms with Gasteiger partial charge >= 0.3 is 0 Å². The van der Waals surface area contributed by atoms with Gasteiger partial charge in [0.25, 0.3) is 0 Å². The lowest BCUT2D eigenvalue weighted by atomic mass is 10.1. The third-order valence-corrected chi connectivity index (χ3v) is 5.02. The van der Waals surface area contributed by atoms with E-state index in [0.717, 1.165) is 36.5 Å². The van der Waals surface area contributed by atoms with E-state index in [4.69, 9.17) is 0 Å². The largest absolute Gasteiger partial charge is 0.381 e. The molecule has 120 valence electrons. The lowest BCUT2D eigenvalue weighted by molar-refractivity contribution is -0.129. The van der Waals surface area contributed by atoms with Crippen molar-refractivity contribution in [2.75, 3.05) is 24.2 Å². The number of anilines is 1. The molecule has 2 aromatic carbocycles. The summed E-state index contributed by atoms with van der Waals surface area (Å²) in [4.78, 5) is 15.6. The fourth-order valence-corrected chi connectivity index (χ4v) is 3.67. The Balaban J connectivity index is 1.50. The van der Waals surface area contributed by atoms with Crippen LogP contribution in [0.3, 0.4) is 0 Å². The van der Waals surface area contributed by atoms with Crippen molar-refractivity contribution in [3.8, 4) is 0 Å². The molecule has 1 saturated heterocycles. The first-order valence-electron chi connectivity index (χ1n) is 8.08. The highest BCUT2D eigenvalue weighted by molar-refractivity contribution is 8.00. The number of hydrogen-bond donors (Lipinski definition) is 1. The highest BCUT2D eigenvalue weighted by Gasteiger charge is 2.23. The molecular weight excluding hydrogens is 304 g/mol. The predicted molar refractivity (Wildman–Crippen MR) is 96.8 cm³/mol. The molecule has 3 rings (SSSR count). The number of likely N-dealkylation sites (tertiary alicyclic amines) is 1. The number of para-hydroxylation sites is 1. The van der Waals surface area contributed by atoms with Crippen LogP contribution >= 0.6 is 11.8 Å². The highest BCUT2D eigenvalue weighted by Crippen LogP contribution is 2.20. The predicted octanol–water partition coefficient (Wildman–Crippen LogP) is 3.88. The summed E-state index contributed by atoms with van der Waals surface area (Å²) < 4.78 is 0. The molecule has 1 aliphatic rings. The van der Waals surface area contributed by atoms with Gasteiger partial charge in [-0.3, -0.25) is 4.79 Å². The van der Waals surface area contributed by atoms with Gasteiger partial charge in [-0.2, -0.15) is 0 Å². The first-order valence-corrected chi connectivity index (χ1v) is 9.07. The Bertz CT molecular complexity index is 618. The van der Waals surface area contributed by atoms with Crippen molar-refractivity contribution >= 4 is 23.4 Å². The van der Waals surface area contributed by atoms with Crippen molar-refractivity contribution in [3.05, 3.63) is 60.7 Å². The third kappa shape index (κ3) is 4.76. The molecule has 1 amide bonds. The minimum Gasteiger partial charge on any atom is -0.381 e. The van der Waals surface area contributed by atoms with E-state index in [9.17, 15) is 4.79 Å². The van der Waals surface area contributed by atoms with Crippen LogP contribution in [-0.2, 0) is 4.79 Å². The van der Waals surface area contributed by atoms with E-state index in [1.165, 1.54) is 0 Å². The Morgan fingerprint density at radius 2 is 1.78 bits per heavy atom. The smallest absolute Gasteiger partial charge is 0.233 e. The van der Waals surface area contributed by atoms with Crippen LogP contribution in [-0.4, -0.2) is 35.7 Å². The van der Waals surface area contributed by atoms with Crippen LogP contribution in [0.4, 0.5) is 5.69 Å². The number of nitrogens with one attached hydrogen (secondary N) is 1. The number of carbonyl (C=O) groups is 1. The molecule has 1 unspecified atom stereocenters. The van der Waals surface area contributed by atoms with Crippen molar-refractivity contribution in [1.29, 1.82) is 0 Å². The average Bonchev–Trinajstić information content (AvgIpc) is 2.62. The number of rotatable bonds is 5. The van der Waals surface area contributed by atoms with Crippen molar-refractivity contribution in [2.45, 2.75) is 23.8 Å².